The van der Waals surface area contributed by atoms with Crippen molar-refractivity contribution in [2.45, 2.75) is 118 Å². The minimum atomic E-state index is -0.146. The molecule has 0 radical (unpaired) electrons. The maximum atomic E-state index is 11.6. The monoisotopic (exact) mass is 511 g/mol. The topological polar surface area (TPSA) is 64.6 Å². The molecule has 0 aromatic heterocycles. The Morgan fingerprint density at radius 2 is 1.92 bits per heavy atom. The number of rotatable bonds is 6. The second-order valence-electron chi connectivity index (χ2n) is 14.0. The lowest BCUT2D eigenvalue weighted by Gasteiger charge is -2.58. The number of carbonyl (C=O) groups excluding carboxylic acids is 2. The normalized spacial score (nSPS) is 43.0. The van der Waals surface area contributed by atoms with Crippen molar-refractivity contribution in [2.24, 2.45) is 40.4 Å². The molecule has 5 rings (SSSR count). The van der Waals surface area contributed by atoms with E-state index in [2.05, 4.69) is 46.0 Å². The fourth-order valence-corrected chi connectivity index (χ4v) is 9.93. The van der Waals surface area contributed by atoms with Crippen molar-refractivity contribution in [1.82, 2.24) is 5.32 Å². The van der Waals surface area contributed by atoms with Crippen LogP contribution in [0, 0.1) is 40.4 Å². The Labute approximate surface area is 224 Å². The summed E-state index contributed by atoms with van der Waals surface area (Å²) < 4.78 is 12.5. The van der Waals surface area contributed by atoms with Gasteiger partial charge in [0.1, 0.15) is 11.7 Å². The Balaban J connectivity index is 1.32. The van der Waals surface area contributed by atoms with E-state index in [0.717, 1.165) is 56.9 Å². The van der Waals surface area contributed by atoms with E-state index in [9.17, 15) is 9.59 Å². The van der Waals surface area contributed by atoms with Gasteiger partial charge in [0.15, 0.2) is 0 Å². The Morgan fingerprint density at radius 1 is 1.16 bits per heavy atom. The molecule has 1 aliphatic heterocycles. The molecule has 0 spiro atoms. The van der Waals surface area contributed by atoms with Gasteiger partial charge in [-0.2, -0.15) is 0 Å². The zero-order chi connectivity index (χ0) is 26.8. The molecule has 37 heavy (non-hydrogen) atoms. The molecule has 0 aromatic carbocycles. The summed E-state index contributed by atoms with van der Waals surface area (Å²) in [6.07, 6.45) is 12.6. The molecule has 5 nitrogen and oxygen atoms in total. The molecular weight excluding hydrogens is 462 g/mol. The van der Waals surface area contributed by atoms with Crippen LogP contribution in [0.3, 0.4) is 0 Å². The summed E-state index contributed by atoms with van der Waals surface area (Å²) in [4.78, 5) is 22.9. The van der Waals surface area contributed by atoms with Gasteiger partial charge in [-0.1, -0.05) is 32.4 Å². The smallest absolute Gasteiger partial charge is 0.302 e. The van der Waals surface area contributed by atoms with Gasteiger partial charge in [0.25, 0.3) is 0 Å². The predicted octanol–water partition coefficient (Wildman–Crippen LogP) is 6.72. The van der Waals surface area contributed by atoms with Gasteiger partial charge in [0, 0.05) is 39.2 Å². The fourth-order valence-electron chi connectivity index (χ4n) is 9.93. The second-order valence-corrected chi connectivity index (χ2v) is 14.0. The number of carbonyl (C=O) groups is 2. The van der Waals surface area contributed by atoms with E-state index in [-0.39, 0.29) is 29.0 Å². The summed E-state index contributed by atoms with van der Waals surface area (Å²) in [6, 6.07) is 0. The highest BCUT2D eigenvalue weighted by molar-refractivity contribution is 5.72. The van der Waals surface area contributed by atoms with Crippen molar-refractivity contribution in [3.05, 3.63) is 23.0 Å². The molecule has 4 aliphatic carbocycles. The summed E-state index contributed by atoms with van der Waals surface area (Å²) >= 11 is 0. The largest absolute Gasteiger partial charge is 0.491 e. The molecule has 0 saturated heterocycles. The van der Waals surface area contributed by atoms with Crippen molar-refractivity contribution >= 4 is 11.9 Å². The van der Waals surface area contributed by atoms with Crippen LogP contribution >= 0.6 is 0 Å². The van der Waals surface area contributed by atoms with Crippen LogP contribution < -0.4 is 5.32 Å². The number of hydrogen-bond acceptors (Lipinski definition) is 4. The molecule has 5 aliphatic rings. The van der Waals surface area contributed by atoms with E-state index < -0.39 is 0 Å². The van der Waals surface area contributed by atoms with Crippen molar-refractivity contribution < 1.29 is 19.1 Å². The number of amides is 1. The van der Waals surface area contributed by atoms with Crippen molar-refractivity contribution in [3.8, 4) is 0 Å². The molecular formula is C32H49NO4. The molecule has 9 atom stereocenters. The van der Waals surface area contributed by atoms with Crippen LogP contribution in [0.5, 0.6) is 0 Å². The molecule has 206 valence electrons. The van der Waals surface area contributed by atoms with Gasteiger partial charge in [-0.15, -0.1) is 0 Å². The molecule has 1 N–H and O–H groups in total. The molecule has 1 heterocycles. The van der Waals surface area contributed by atoms with E-state index in [1.165, 1.54) is 37.5 Å². The zero-order valence-corrected chi connectivity index (χ0v) is 24.2. The summed E-state index contributed by atoms with van der Waals surface area (Å²) in [5, 5.41) is 2.96. The number of esters is 1. The summed E-state index contributed by atoms with van der Waals surface area (Å²) in [5.41, 5.74) is 3.51. The number of fused-ring (bicyclic) bond motifs is 7. The fraction of sp³-hybridized carbons (Fsp3) is 0.812. The molecule has 3 fully saturated rings. The first-order chi connectivity index (χ1) is 17.4. The van der Waals surface area contributed by atoms with Gasteiger partial charge in [-0.3, -0.25) is 9.59 Å². The molecule has 0 aromatic rings. The Hall–Kier alpha value is -1.78. The minimum absolute atomic E-state index is 0.0481. The summed E-state index contributed by atoms with van der Waals surface area (Å²) in [7, 11) is 0. The van der Waals surface area contributed by atoms with Crippen molar-refractivity contribution in [2.75, 3.05) is 6.54 Å². The second kappa shape index (κ2) is 9.45. The average Bonchev–Trinajstić information content (AvgIpc) is 3.22. The summed E-state index contributed by atoms with van der Waals surface area (Å²) in [5.74, 6) is 4.22. The van der Waals surface area contributed by atoms with Gasteiger partial charge in [0.05, 0.1) is 5.76 Å². The number of nitrogens with one attached hydrogen (secondary N) is 1. The third-order valence-corrected chi connectivity index (χ3v) is 11.5. The lowest BCUT2D eigenvalue weighted by atomic mass is 9.47. The van der Waals surface area contributed by atoms with Crippen molar-refractivity contribution in [1.29, 1.82) is 0 Å². The standard InChI is InChI=1S/C32H49NO4/c1-19(18-33-21(3)34)8-11-28-20(2)29-31(6)15-13-26-25(27(31)17-32(29,7)37-28)10-9-23-16-24(36-22(4)35)12-14-30(23,26)5/h9,19,24-27,29H,8,10-18H2,1-7H3,(H,33,34)/t19-,24+,25+,26-,27+,29-,30+,31-,32+/m1/s1. The zero-order valence-electron chi connectivity index (χ0n) is 24.2. The van der Waals surface area contributed by atoms with Crippen LogP contribution in [-0.4, -0.2) is 30.1 Å². The van der Waals surface area contributed by atoms with Gasteiger partial charge >= 0.3 is 5.97 Å². The van der Waals surface area contributed by atoms with Crippen molar-refractivity contribution in [3.63, 3.8) is 0 Å². The van der Waals surface area contributed by atoms with Crippen LogP contribution in [0.1, 0.15) is 106 Å². The Morgan fingerprint density at radius 3 is 2.62 bits per heavy atom. The Kier molecular flexibility index (Phi) is 6.85. The molecule has 3 saturated carbocycles. The van der Waals surface area contributed by atoms with Crippen LogP contribution in [0.15, 0.2) is 23.0 Å². The average molecular weight is 512 g/mol. The Bertz CT molecular complexity index is 1010. The SMILES string of the molecule is CC(=O)NC[C@H](C)CCC1=C(C)[C@@H]2[C@]3(C)CC[C@@H]4[C@H](CC=C5C[C@@H](OC(C)=O)CC[C@@]54C)[C@@H]3C[C@]2(C)O1. The quantitative estimate of drug-likeness (QED) is 0.317. The van der Waals surface area contributed by atoms with Gasteiger partial charge in [-0.05, 0) is 98.9 Å². The first-order valence-electron chi connectivity index (χ1n) is 14.9. The van der Waals surface area contributed by atoms with Crippen LogP contribution in [0.25, 0.3) is 0 Å². The highest BCUT2D eigenvalue weighted by atomic mass is 16.5. The van der Waals surface area contributed by atoms with Gasteiger partial charge in [0.2, 0.25) is 5.91 Å². The van der Waals surface area contributed by atoms with Crippen LogP contribution in [0.4, 0.5) is 0 Å². The molecule has 1 amide bonds. The third kappa shape index (κ3) is 4.46. The van der Waals surface area contributed by atoms with Gasteiger partial charge < -0.3 is 14.8 Å². The van der Waals surface area contributed by atoms with E-state index in [1.54, 1.807) is 12.5 Å². The van der Waals surface area contributed by atoms with E-state index in [0.29, 0.717) is 23.2 Å². The number of hydrogen-bond donors (Lipinski definition) is 1. The maximum Gasteiger partial charge on any atom is 0.302 e. The third-order valence-electron chi connectivity index (χ3n) is 11.5. The van der Waals surface area contributed by atoms with Gasteiger partial charge in [-0.25, -0.2) is 0 Å². The highest BCUT2D eigenvalue weighted by Gasteiger charge is 2.67. The van der Waals surface area contributed by atoms with E-state index in [1.807, 2.05) is 0 Å². The molecule has 0 unspecified atom stereocenters. The van der Waals surface area contributed by atoms with Crippen LogP contribution in [0.2, 0.25) is 0 Å². The predicted molar refractivity (Wildman–Crippen MR) is 145 cm³/mol. The minimum Gasteiger partial charge on any atom is -0.491 e. The lowest BCUT2D eigenvalue weighted by Crippen LogP contribution is -2.50. The number of ether oxygens (including phenoxy) is 2. The van der Waals surface area contributed by atoms with E-state index >= 15 is 0 Å². The van der Waals surface area contributed by atoms with Crippen LogP contribution in [-0.2, 0) is 19.1 Å². The van der Waals surface area contributed by atoms with E-state index in [4.69, 9.17) is 9.47 Å². The summed E-state index contributed by atoms with van der Waals surface area (Å²) in [6.45, 7) is 15.9. The highest BCUT2D eigenvalue weighted by Crippen LogP contribution is 2.71. The molecule has 0 bridgehead atoms. The first-order valence-corrected chi connectivity index (χ1v) is 14.9. The maximum absolute atomic E-state index is 11.6. The first kappa shape index (κ1) is 26.8. The molecule has 5 heteroatoms. The lowest BCUT2D eigenvalue weighted by molar-refractivity contribution is -0.148. The number of allylic oxidation sites excluding steroid dienone is 2.